The van der Waals surface area contributed by atoms with E-state index in [9.17, 15) is 9.59 Å². The molecule has 0 radical (unpaired) electrons. The molecule has 266 valence electrons. The number of hydrogen-bond acceptors (Lipinski definition) is 8. The number of esters is 2. The number of hydrogen-bond donors (Lipinski definition) is 2. The van der Waals surface area contributed by atoms with Gasteiger partial charge in [0.2, 0.25) is 0 Å². The maximum atomic E-state index is 15.0. The Morgan fingerprint density at radius 1 is 0.680 bits per heavy atom. The van der Waals surface area contributed by atoms with Gasteiger partial charge in [0.05, 0.1) is 30.4 Å². The largest absolute Gasteiger partial charge is 0.468 e. The van der Waals surface area contributed by atoms with Crippen LogP contribution in [0.2, 0.25) is 0 Å². The first kappa shape index (κ1) is 38.6. The van der Waals surface area contributed by atoms with Gasteiger partial charge in [-0.15, -0.1) is 0 Å². The molecule has 0 heterocycles. The average Bonchev–Trinajstić information content (AvgIpc) is 3.11. The van der Waals surface area contributed by atoms with Crippen molar-refractivity contribution >= 4 is 37.6 Å². The van der Waals surface area contributed by atoms with Gasteiger partial charge in [-0.1, -0.05) is 86.0 Å². The summed E-state index contributed by atoms with van der Waals surface area (Å²) in [5.74, 6) is -0.847. The van der Waals surface area contributed by atoms with Crippen molar-refractivity contribution in [2.24, 2.45) is 0 Å². The predicted molar refractivity (Wildman–Crippen MR) is 198 cm³/mol. The Morgan fingerprint density at radius 3 is 1.58 bits per heavy atom. The Labute approximate surface area is 294 Å². The molecule has 0 aromatic heterocycles. The molecule has 4 aromatic rings. The van der Waals surface area contributed by atoms with Gasteiger partial charge in [-0.2, -0.15) is 0 Å². The van der Waals surface area contributed by atoms with Crippen LogP contribution in [0.3, 0.4) is 0 Å². The van der Waals surface area contributed by atoms with Crippen molar-refractivity contribution in [2.75, 3.05) is 14.2 Å². The first-order valence-corrected chi connectivity index (χ1v) is 19.8. The second-order valence-corrected chi connectivity index (χ2v) is 16.1. The van der Waals surface area contributed by atoms with Gasteiger partial charge >= 0.3 is 27.0 Å². The first-order chi connectivity index (χ1) is 23.9. The minimum Gasteiger partial charge on any atom is -0.468 e. The molecule has 0 aliphatic carbocycles. The predicted octanol–water partition coefficient (Wildman–Crippen LogP) is 7.49. The van der Waals surface area contributed by atoms with Crippen molar-refractivity contribution in [1.82, 2.24) is 10.2 Å². The van der Waals surface area contributed by atoms with Gasteiger partial charge in [-0.05, 0) is 81.1 Å². The number of carbonyl (C=O) groups is 2. The molecule has 0 aliphatic heterocycles. The van der Waals surface area contributed by atoms with Gasteiger partial charge in [-0.25, -0.2) is 10.2 Å². The third-order valence-corrected chi connectivity index (χ3v) is 12.3. The van der Waals surface area contributed by atoms with E-state index in [1.54, 1.807) is 74.5 Å². The summed E-state index contributed by atoms with van der Waals surface area (Å²) >= 11 is 0. The van der Waals surface area contributed by atoms with Crippen molar-refractivity contribution in [3.8, 4) is 22.6 Å². The number of carbonyl (C=O) groups excluding carboxylic acids is 2. The molecule has 0 amide bonds. The topological polar surface area (TPSA) is 129 Å². The van der Waals surface area contributed by atoms with E-state index in [-0.39, 0.29) is 11.5 Å². The number of ether oxygens (including phenoxy) is 2. The zero-order valence-corrected chi connectivity index (χ0v) is 31.2. The van der Waals surface area contributed by atoms with Gasteiger partial charge in [0.1, 0.15) is 23.6 Å². The number of rotatable bonds is 17. The van der Waals surface area contributed by atoms with E-state index in [0.717, 1.165) is 30.4 Å². The van der Waals surface area contributed by atoms with E-state index < -0.39 is 39.1 Å². The van der Waals surface area contributed by atoms with Crippen LogP contribution in [0.1, 0.15) is 51.2 Å². The van der Waals surface area contributed by atoms with Crippen molar-refractivity contribution < 1.29 is 37.2 Å². The Morgan fingerprint density at radius 2 is 1.16 bits per heavy atom. The van der Waals surface area contributed by atoms with Crippen LogP contribution in [-0.4, -0.2) is 38.2 Å². The standard InChI is InChI=1S/C38H46N2O8P2/c1-7-8-11-18-30-25-34(47-49(43,32-20-12-9-13-21-32)39-28(3)37(41)45-5)36(31-19-16-17-27(2)24-31)35(26-30)48-50(44,33-22-14-10-15-23-33)40-29(4)38(42)46-6/h9-10,12-17,19-26,28-29H,7-8,11,18H2,1-6H3,(H,39,43)(H,40,44)/t28-,29-,49?,50?/m0/s1. The maximum absolute atomic E-state index is 15.0. The Balaban J connectivity index is 2.00. The molecule has 50 heavy (non-hydrogen) atoms. The van der Waals surface area contributed by atoms with Gasteiger partial charge < -0.3 is 18.5 Å². The fourth-order valence-corrected chi connectivity index (χ4v) is 9.21. The van der Waals surface area contributed by atoms with Crippen molar-refractivity contribution in [3.63, 3.8) is 0 Å². The van der Waals surface area contributed by atoms with E-state index in [1.807, 2.05) is 43.3 Å². The average molecular weight is 721 g/mol. The highest BCUT2D eigenvalue weighted by Crippen LogP contribution is 2.53. The molecule has 4 atom stereocenters. The molecular formula is C38H46N2O8P2. The van der Waals surface area contributed by atoms with E-state index in [0.29, 0.717) is 28.2 Å². The van der Waals surface area contributed by atoms with Crippen molar-refractivity contribution in [3.05, 3.63) is 108 Å². The van der Waals surface area contributed by atoms with Crippen LogP contribution in [0.15, 0.2) is 97.1 Å². The summed E-state index contributed by atoms with van der Waals surface area (Å²) in [4.78, 5) is 25.1. The Hall–Kier alpha value is -4.20. The van der Waals surface area contributed by atoms with Crippen molar-refractivity contribution in [2.45, 2.75) is 65.5 Å². The van der Waals surface area contributed by atoms with Gasteiger partial charge in [0.25, 0.3) is 0 Å². The normalized spacial score (nSPS) is 14.8. The van der Waals surface area contributed by atoms with Crippen LogP contribution < -0.4 is 29.8 Å². The van der Waals surface area contributed by atoms with Crippen LogP contribution >= 0.6 is 15.0 Å². The second-order valence-electron chi connectivity index (χ2n) is 12.0. The minimum absolute atomic E-state index is 0.192. The van der Waals surface area contributed by atoms with Crippen LogP contribution in [0.25, 0.3) is 11.1 Å². The fraction of sp³-hybridized carbons (Fsp3) is 0.316. The molecule has 4 aromatic carbocycles. The lowest BCUT2D eigenvalue weighted by molar-refractivity contribution is -0.142. The van der Waals surface area contributed by atoms with Crippen LogP contribution in [0, 0.1) is 6.92 Å². The van der Waals surface area contributed by atoms with Crippen molar-refractivity contribution in [1.29, 1.82) is 0 Å². The number of benzene rings is 4. The minimum atomic E-state index is -4.05. The molecule has 0 saturated heterocycles. The number of nitrogens with one attached hydrogen (secondary N) is 2. The fourth-order valence-electron chi connectivity index (χ4n) is 5.40. The number of methoxy groups -OCH3 is 2. The van der Waals surface area contributed by atoms with Gasteiger partial charge in [0, 0.05) is 0 Å². The molecule has 0 bridgehead atoms. The third kappa shape index (κ3) is 9.73. The Bertz CT molecular complexity index is 1750. The lowest BCUT2D eigenvalue weighted by Crippen LogP contribution is -2.37. The molecule has 10 nitrogen and oxygen atoms in total. The molecule has 12 heteroatoms. The van der Waals surface area contributed by atoms with Gasteiger partial charge in [0.15, 0.2) is 0 Å². The summed E-state index contributed by atoms with van der Waals surface area (Å²) in [6.07, 6.45) is 3.43. The molecule has 2 N–H and O–H groups in total. The Kier molecular flexibility index (Phi) is 13.6. The van der Waals surface area contributed by atoms with Gasteiger partial charge in [-0.3, -0.25) is 18.7 Å². The molecular weight excluding hydrogens is 674 g/mol. The van der Waals surface area contributed by atoms with Crippen LogP contribution in [0.4, 0.5) is 0 Å². The number of aryl methyl sites for hydroxylation is 2. The summed E-state index contributed by atoms with van der Waals surface area (Å²) in [7, 11) is -5.58. The number of unbranched alkanes of at least 4 members (excludes halogenated alkanes) is 2. The zero-order chi connectivity index (χ0) is 36.3. The highest BCUT2D eigenvalue weighted by molar-refractivity contribution is 7.65. The lowest BCUT2D eigenvalue weighted by atomic mass is 9.98. The smallest absolute Gasteiger partial charge is 0.347 e. The summed E-state index contributed by atoms with van der Waals surface area (Å²) in [6, 6.07) is 26.4. The maximum Gasteiger partial charge on any atom is 0.347 e. The van der Waals surface area contributed by atoms with E-state index in [2.05, 4.69) is 17.1 Å². The molecule has 4 rings (SSSR count). The summed E-state index contributed by atoms with van der Waals surface area (Å²) in [6.45, 7) is 7.14. The molecule has 0 fully saturated rings. The van der Waals surface area contributed by atoms with E-state index in [1.165, 1.54) is 14.2 Å². The zero-order valence-electron chi connectivity index (χ0n) is 29.4. The summed E-state index contributed by atoms with van der Waals surface area (Å²) in [5, 5.41) is 6.47. The second kappa shape index (κ2) is 17.6. The highest BCUT2D eigenvalue weighted by Gasteiger charge is 2.36. The monoisotopic (exact) mass is 720 g/mol. The summed E-state index contributed by atoms with van der Waals surface area (Å²) < 4.78 is 53.1. The molecule has 0 saturated carbocycles. The molecule has 0 aliphatic rings. The quantitative estimate of drug-likeness (QED) is 0.0643. The first-order valence-electron chi connectivity index (χ1n) is 16.6. The van der Waals surface area contributed by atoms with Crippen LogP contribution in [-0.2, 0) is 34.6 Å². The van der Waals surface area contributed by atoms with E-state index in [4.69, 9.17) is 18.5 Å². The summed E-state index contributed by atoms with van der Waals surface area (Å²) in [5.41, 5.74) is 2.76. The highest BCUT2D eigenvalue weighted by atomic mass is 31.2. The van der Waals surface area contributed by atoms with Crippen LogP contribution in [0.5, 0.6) is 11.5 Å². The molecule has 0 spiro atoms. The third-order valence-electron chi connectivity index (χ3n) is 7.98. The lowest BCUT2D eigenvalue weighted by Gasteiger charge is -2.28. The molecule has 2 unspecified atom stereocenters. The SMILES string of the molecule is CCCCCc1cc(OP(=O)(N[C@@H](C)C(=O)OC)c2ccccc2)c(-c2cccc(C)c2)c(OP(=O)(N[C@@H](C)C(=O)OC)c2ccccc2)c1. The van der Waals surface area contributed by atoms with E-state index >= 15 is 9.13 Å².